The Labute approximate surface area is 177 Å². The molecule has 3 aromatic rings. The highest BCUT2D eigenvalue weighted by Crippen LogP contribution is 2.32. The maximum atomic E-state index is 14.6. The van der Waals surface area contributed by atoms with Crippen molar-refractivity contribution in [2.24, 2.45) is 0 Å². The standard InChI is InChI=1S/C23H13FN6O/c1-13-5-15(9-25)6-14(2)21(13)31-23-20(24)8-18(12-28)22(30-23)29-19-4-3-16(10-26)17(7-19)11-27/h3-8H,1-2H3,(H,29,30). The van der Waals surface area contributed by atoms with Gasteiger partial charge in [0.15, 0.2) is 11.6 Å². The van der Waals surface area contributed by atoms with Crippen LogP contribution in [0.3, 0.4) is 0 Å². The summed E-state index contributed by atoms with van der Waals surface area (Å²) < 4.78 is 20.3. The van der Waals surface area contributed by atoms with E-state index in [1.165, 1.54) is 12.1 Å². The largest absolute Gasteiger partial charge is 0.436 e. The fourth-order valence-electron chi connectivity index (χ4n) is 2.95. The van der Waals surface area contributed by atoms with E-state index in [1.807, 2.05) is 24.3 Å². The zero-order chi connectivity index (χ0) is 22.5. The number of aromatic nitrogens is 1. The summed E-state index contributed by atoms with van der Waals surface area (Å²) in [6, 6.07) is 16.4. The molecule has 0 saturated heterocycles. The van der Waals surface area contributed by atoms with Crippen molar-refractivity contribution in [2.75, 3.05) is 5.32 Å². The minimum absolute atomic E-state index is 0.0245. The van der Waals surface area contributed by atoms with Gasteiger partial charge < -0.3 is 10.1 Å². The third kappa shape index (κ3) is 4.25. The number of anilines is 2. The molecule has 0 fully saturated rings. The number of nitrogens with zero attached hydrogens (tertiary/aromatic N) is 5. The Bertz CT molecular complexity index is 1350. The molecule has 0 spiro atoms. The second kappa shape index (κ2) is 8.62. The van der Waals surface area contributed by atoms with Crippen LogP contribution in [-0.4, -0.2) is 4.98 Å². The van der Waals surface area contributed by atoms with Gasteiger partial charge in [0.25, 0.3) is 5.88 Å². The van der Waals surface area contributed by atoms with E-state index in [4.69, 9.17) is 15.3 Å². The van der Waals surface area contributed by atoms with Crippen LogP contribution in [0.4, 0.5) is 15.9 Å². The van der Waals surface area contributed by atoms with Crippen LogP contribution in [0.25, 0.3) is 0 Å². The van der Waals surface area contributed by atoms with Crippen LogP contribution in [0.5, 0.6) is 11.6 Å². The van der Waals surface area contributed by atoms with Crippen molar-refractivity contribution < 1.29 is 9.13 Å². The van der Waals surface area contributed by atoms with Crippen molar-refractivity contribution in [3.8, 4) is 35.9 Å². The van der Waals surface area contributed by atoms with Crippen LogP contribution >= 0.6 is 0 Å². The van der Waals surface area contributed by atoms with Gasteiger partial charge in [-0.25, -0.2) is 4.39 Å². The number of halogens is 1. The first-order chi connectivity index (χ1) is 14.9. The van der Waals surface area contributed by atoms with Crippen molar-refractivity contribution in [3.05, 3.63) is 75.6 Å². The van der Waals surface area contributed by atoms with E-state index in [0.717, 1.165) is 6.07 Å². The highest BCUT2D eigenvalue weighted by atomic mass is 19.1. The van der Waals surface area contributed by atoms with E-state index < -0.39 is 5.82 Å². The van der Waals surface area contributed by atoms with Crippen molar-refractivity contribution in [2.45, 2.75) is 13.8 Å². The summed E-state index contributed by atoms with van der Waals surface area (Å²) in [5, 5.41) is 39.5. The van der Waals surface area contributed by atoms with Crippen LogP contribution in [0, 0.1) is 65.0 Å². The lowest BCUT2D eigenvalue weighted by atomic mass is 10.1. The van der Waals surface area contributed by atoms with Crippen molar-refractivity contribution in [1.82, 2.24) is 4.98 Å². The second-order valence-corrected chi connectivity index (χ2v) is 6.55. The van der Waals surface area contributed by atoms with Gasteiger partial charge in [0.1, 0.15) is 24.0 Å². The maximum Gasteiger partial charge on any atom is 0.258 e. The molecule has 1 aromatic heterocycles. The fourth-order valence-corrected chi connectivity index (χ4v) is 2.95. The summed E-state index contributed by atoms with van der Waals surface area (Å²) >= 11 is 0. The Kier molecular flexibility index (Phi) is 5.78. The average Bonchev–Trinajstić information content (AvgIpc) is 2.77. The Balaban J connectivity index is 2.02. The molecule has 7 nitrogen and oxygen atoms in total. The predicted octanol–water partition coefficient (Wildman–Crippen LogP) is 4.86. The molecule has 0 amide bonds. The lowest BCUT2D eigenvalue weighted by Crippen LogP contribution is -2.03. The lowest BCUT2D eigenvalue weighted by molar-refractivity contribution is 0.418. The SMILES string of the molecule is Cc1cc(C#N)cc(C)c1Oc1nc(Nc2ccc(C#N)c(C#N)c2)c(C#N)cc1F. The van der Waals surface area contributed by atoms with Gasteiger partial charge in [-0.3, -0.25) is 0 Å². The van der Waals surface area contributed by atoms with Crippen LogP contribution < -0.4 is 10.1 Å². The first-order valence-corrected chi connectivity index (χ1v) is 8.91. The summed E-state index contributed by atoms with van der Waals surface area (Å²) in [6.45, 7) is 3.45. The molecular weight excluding hydrogens is 395 g/mol. The summed E-state index contributed by atoms with van der Waals surface area (Å²) in [6.07, 6.45) is 0. The molecular formula is C23H13FN6O. The van der Waals surface area contributed by atoms with Crippen molar-refractivity contribution in [1.29, 1.82) is 21.0 Å². The molecule has 0 saturated carbocycles. The average molecular weight is 408 g/mol. The molecule has 2 aromatic carbocycles. The molecule has 3 rings (SSSR count). The van der Waals surface area contributed by atoms with Gasteiger partial charge in [0.2, 0.25) is 0 Å². The second-order valence-electron chi connectivity index (χ2n) is 6.55. The zero-order valence-corrected chi connectivity index (χ0v) is 16.5. The molecule has 0 aliphatic carbocycles. The number of ether oxygens (including phenoxy) is 1. The zero-order valence-electron chi connectivity index (χ0n) is 16.5. The number of aryl methyl sites for hydroxylation is 2. The Hall–Kier alpha value is -4.92. The monoisotopic (exact) mass is 408 g/mol. The maximum absolute atomic E-state index is 14.6. The number of nitrogens with one attached hydrogen (secondary N) is 1. The fraction of sp³-hybridized carbons (Fsp3) is 0.0870. The van der Waals surface area contributed by atoms with Crippen LogP contribution in [0.2, 0.25) is 0 Å². The van der Waals surface area contributed by atoms with E-state index in [-0.39, 0.29) is 28.4 Å². The summed E-state index contributed by atoms with van der Waals surface area (Å²) in [5.41, 5.74) is 2.38. The molecule has 31 heavy (non-hydrogen) atoms. The predicted molar refractivity (Wildman–Crippen MR) is 109 cm³/mol. The Morgan fingerprint density at radius 2 is 1.48 bits per heavy atom. The minimum atomic E-state index is -0.831. The molecule has 0 atom stereocenters. The van der Waals surface area contributed by atoms with Gasteiger partial charge >= 0.3 is 0 Å². The number of benzene rings is 2. The molecule has 0 radical (unpaired) electrons. The van der Waals surface area contributed by atoms with Crippen LogP contribution in [-0.2, 0) is 0 Å². The van der Waals surface area contributed by atoms with Crippen molar-refractivity contribution in [3.63, 3.8) is 0 Å². The first-order valence-electron chi connectivity index (χ1n) is 8.91. The third-order valence-electron chi connectivity index (χ3n) is 4.38. The van der Waals surface area contributed by atoms with Gasteiger partial charge in [-0.05, 0) is 55.3 Å². The topological polar surface area (TPSA) is 129 Å². The number of hydrogen-bond donors (Lipinski definition) is 1. The minimum Gasteiger partial charge on any atom is -0.436 e. The van der Waals surface area contributed by atoms with E-state index in [9.17, 15) is 14.9 Å². The number of hydrogen-bond acceptors (Lipinski definition) is 7. The van der Waals surface area contributed by atoms with E-state index in [1.54, 1.807) is 32.0 Å². The van der Waals surface area contributed by atoms with E-state index in [0.29, 0.717) is 28.1 Å². The number of pyridine rings is 1. The molecule has 148 valence electrons. The summed E-state index contributed by atoms with van der Waals surface area (Å²) in [7, 11) is 0. The molecule has 1 N–H and O–H groups in total. The highest BCUT2D eigenvalue weighted by Gasteiger charge is 2.17. The normalized spacial score (nSPS) is 9.65. The van der Waals surface area contributed by atoms with Gasteiger partial charge in [-0.1, -0.05) is 0 Å². The molecule has 0 aliphatic heterocycles. The quantitative estimate of drug-likeness (QED) is 0.652. The van der Waals surface area contributed by atoms with Gasteiger partial charge in [-0.2, -0.15) is 26.0 Å². The van der Waals surface area contributed by atoms with Gasteiger partial charge in [-0.15, -0.1) is 0 Å². The van der Waals surface area contributed by atoms with E-state index >= 15 is 0 Å². The smallest absolute Gasteiger partial charge is 0.258 e. The molecule has 0 bridgehead atoms. The first kappa shape index (κ1) is 20.8. The van der Waals surface area contributed by atoms with Crippen LogP contribution in [0.15, 0.2) is 36.4 Å². The highest BCUT2D eigenvalue weighted by molar-refractivity contribution is 5.66. The summed E-state index contributed by atoms with van der Waals surface area (Å²) in [5.74, 6) is -0.808. The molecule has 0 aliphatic rings. The number of rotatable bonds is 4. The van der Waals surface area contributed by atoms with E-state index in [2.05, 4.69) is 10.3 Å². The molecule has 0 unspecified atom stereocenters. The van der Waals surface area contributed by atoms with Gasteiger partial charge in [0, 0.05) is 11.8 Å². The van der Waals surface area contributed by atoms with Crippen molar-refractivity contribution >= 4 is 11.5 Å². The molecule has 1 heterocycles. The lowest BCUT2D eigenvalue weighted by Gasteiger charge is -2.14. The summed E-state index contributed by atoms with van der Waals surface area (Å²) in [4.78, 5) is 4.11. The Morgan fingerprint density at radius 3 is 2.06 bits per heavy atom. The third-order valence-corrected chi connectivity index (χ3v) is 4.38. The Morgan fingerprint density at radius 1 is 0.839 bits per heavy atom. The number of nitriles is 4. The molecule has 8 heteroatoms. The van der Waals surface area contributed by atoms with Crippen LogP contribution in [0.1, 0.15) is 33.4 Å². The van der Waals surface area contributed by atoms with Gasteiger partial charge in [0.05, 0.1) is 28.3 Å².